The third kappa shape index (κ3) is 18.6. The van der Waals surface area contributed by atoms with Crippen LogP contribution in [0.3, 0.4) is 0 Å². The zero-order valence-electron chi connectivity index (χ0n) is 15.8. The molecule has 1 aliphatic rings. The summed E-state index contributed by atoms with van der Waals surface area (Å²) in [6.45, 7) is 1.56. The molecule has 4 N–H and O–H groups in total. The number of carbonyl (C=O) groups is 1. The second-order valence-electron chi connectivity index (χ2n) is 5.41. The monoisotopic (exact) mass is 540 g/mol. The lowest BCUT2D eigenvalue weighted by molar-refractivity contribution is -0.434. The molecule has 0 spiro atoms. The number of hydrogen-bond donors (Lipinski definition) is 3. The van der Waals surface area contributed by atoms with Crippen molar-refractivity contribution in [3.05, 3.63) is 28.4 Å². The van der Waals surface area contributed by atoms with Gasteiger partial charge in [-0.05, 0) is 6.92 Å². The van der Waals surface area contributed by atoms with E-state index in [1.165, 1.54) is 12.4 Å². The van der Waals surface area contributed by atoms with Gasteiger partial charge in [-0.3, -0.25) is 14.2 Å². The van der Waals surface area contributed by atoms with Crippen molar-refractivity contribution in [1.29, 1.82) is 0 Å². The van der Waals surface area contributed by atoms with Gasteiger partial charge in [-0.1, -0.05) is 0 Å². The highest BCUT2D eigenvalue weighted by Gasteiger charge is 2.41. The first-order chi connectivity index (χ1) is 14.4. The van der Waals surface area contributed by atoms with Gasteiger partial charge in [0, 0.05) is 12.4 Å². The molecule has 1 fully saturated rings. The standard InChI is InChI=1S/C10H13N3O5.3H3O4P/c1-4-6(14)7(15)10(18-4)13-3-2-12-5(8(11)16)9(13)17;3*1-5(2,3)4/h2-4,6-7,10,14-15H,1H3,(H2,11,16);3*(H3,1,2,3,4)/p-9. The maximum absolute atomic E-state index is 11.9. The van der Waals surface area contributed by atoms with Crippen LogP contribution in [0, 0.1) is 0 Å². The molecule has 0 bridgehead atoms. The Morgan fingerprint density at radius 2 is 1.33 bits per heavy atom. The predicted molar refractivity (Wildman–Crippen MR) is 81.4 cm³/mol. The molecule has 0 aliphatic carbocycles. The summed E-state index contributed by atoms with van der Waals surface area (Å²) in [5.41, 5.74) is 3.79. The molecule has 1 saturated heterocycles. The molecule has 194 valence electrons. The maximum Gasteiger partial charge on any atom is 0.284 e. The van der Waals surface area contributed by atoms with Gasteiger partial charge < -0.3 is 78.4 Å². The van der Waals surface area contributed by atoms with Crippen LogP contribution in [0.4, 0.5) is 0 Å². The number of hydrogen-bond acceptors (Lipinski definition) is 18. The van der Waals surface area contributed by atoms with E-state index in [1.807, 2.05) is 0 Å². The first-order valence-corrected chi connectivity index (χ1v) is 11.9. The summed E-state index contributed by atoms with van der Waals surface area (Å²) >= 11 is 0. The zero-order valence-corrected chi connectivity index (χ0v) is 18.5. The van der Waals surface area contributed by atoms with Crippen LogP contribution in [-0.4, -0.2) is 44.0 Å². The summed E-state index contributed by atoms with van der Waals surface area (Å²) in [6, 6.07) is 0. The van der Waals surface area contributed by atoms with E-state index in [-0.39, 0.29) is 0 Å². The quantitative estimate of drug-likeness (QED) is 0.293. The number of amides is 1. The topological polar surface area (TPSA) is 386 Å². The third-order valence-electron chi connectivity index (χ3n) is 2.85. The van der Waals surface area contributed by atoms with E-state index in [1.54, 1.807) is 6.92 Å². The van der Waals surface area contributed by atoms with Crippen molar-refractivity contribution in [3.8, 4) is 0 Å². The minimum atomic E-state index is -5.39. The molecule has 1 aromatic rings. The van der Waals surface area contributed by atoms with Crippen molar-refractivity contribution < 1.29 is 77.5 Å². The number of carbonyl (C=O) groups excluding carboxylic acids is 1. The molecule has 0 aromatic carbocycles. The first-order valence-electron chi connectivity index (χ1n) is 7.51. The normalized spacial score (nSPS) is 22.5. The van der Waals surface area contributed by atoms with Crippen LogP contribution < -0.4 is 55.3 Å². The van der Waals surface area contributed by atoms with E-state index in [0.29, 0.717) is 0 Å². The lowest BCUT2D eigenvalue weighted by Gasteiger charge is -2.36. The molecule has 1 aliphatic heterocycles. The van der Waals surface area contributed by atoms with Gasteiger partial charge in [0.15, 0.2) is 11.9 Å². The van der Waals surface area contributed by atoms with Gasteiger partial charge in [-0.2, -0.15) is 23.5 Å². The summed E-state index contributed by atoms with van der Waals surface area (Å²) in [5.74, 6) is -0.963. The summed E-state index contributed by atoms with van der Waals surface area (Å²) in [4.78, 5) is 103. The Morgan fingerprint density at radius 1 is 0.970 bits per heavy atom. The average Bonchev–Trinajstić information content (AvgIpc) is 2.77. The van der Waals surface area contributed by atoms with Gasteiger partial charge >= 0.3 is 0 Å². The molecule has 4 unspecified atom stereocenters. The molecular weight excluding hydrogens is 527 g/mol. The van der Waals surface area contributed by atoms with Crippen molar-refractivity contribution in [2.45, 2.75) is 31.5 Å². The van der Waals surface area contributed by atoms with Crippen LogP contribution in [0.25, 0.3) is 0 Å². The summed E-state index contributed by atoms with van der Waals surface area (Å²) in [7, 11) is -16.2. The van der Waals surface area contributed by atoms with Crippen LogP contribution in [0.5, 0.6) is 0 Å². The molecule has 1 aromatic heterocycles. The number of nitrogens with zero attached hydrogens (tertiary/aromatic N) is 2. The van der Waals surface area contributed by atoms with E-state index < -0.39 is 65.2 Å². The number of aromatic nitrogens is 2. The largest absolute Gasteiger partial charge is 0.822 e. The number of nitrogens with two attached hydrogens (primary N) is 1. The number of ether oxygens (including phenoxy) is 1. The number of aliphatic hydroxyl groups excluding tert-OH is 2. The van der Waals surface area contributed by atoms with Crippen LogP contribution in [0.2, 0.25) is 0 Å². The van der Waals surface area contributed by atoms with Crippen molar-refractivity contribution in [2.75, 3.05) is 0 Å². The predicted octanol–water partition coefficient (Wildman–Crippen LogP) is -10.5. The van der Waals surface area contributed by atoms with E-state index >= 15 is 0 Å². The Morgan fingerprint density at radius 3 is 1.61 bits per heavy atom. The fourth-order valence-corrected chi connectivity index (χ4v) is 1.85. The van der Waals surface area contributed by atoms with Gasteiger partial charge in [0.1, 0.15) is 12.2 Å². The Labute approximate surface area is 182 Å². The van der Waals surface area contributed by atoms with E-state index in [4.69, 9.17) is 68.2 Å². The molecule has 1 amide bonds. The smallest absolute Gasteiger partial charge is 0.284 e. The molecule has 2 rings (SSSR count). The lowest BCUT2D eigenvalue weighted by Crippen LogP contribution is -2.37. The minimum absolute atomic E-state index is 0.442. The minimum Gasteiger partial charge on any atom is -0.822 e. The number of primary amides is 1. The molecule has 0 radical (unpaired) electrons. The Hall–Kier alpha value is -1.44. The number of aliphatic hydroxyl groups is 2. The summed E-state index contributed by atoms with van der Waals surface area (Å²) < 4.78 is 31.9. The van der Waals surface area contributed by atoms with Gasteiger partial charge in [0.25, 0.3) is 11.5 Å². The van der Waals surface area contributed by atoms with Gasteiger partial charge in [0.2, 0.25) is 0 Å². The zero-order chi connectivity index (χ0) is 26.9. The van der Waals surface area contributed by atoms with Crippen LogP contribution in [0.15, 0.2) is 17.2 Å². The number of rotatable bonds is 2. The third-order valence-corrected chi connectivity index (χ3v) is 2.85. The van der Waals surface area contributed by atoms with Crippen molar-refractivity contribution in [2.24, 2.45) is 5.73 Å². The van der Waals surface area contributed by atoms with E-state index in [2.05, 4.69) is 4.98 Å². The lowest BCUT2D eigenvalue weighted by atomic mass is 10.1. The second kappa shape index (κ2) is 13.4. The SMILES string of the molecule is CC1OC(n2ccnc(C(N)=O)c2=O)C(O)C1O.O=P([O-])([O-])[O-].O=P([O-])([O-])[O-].O=P([O-])([O-])[O-]. The average molecular weight is 540 g/mol. The molecule has 2 heterocycles. The van der Waals surface area contributed by atoms with Crippen molar-refractivity contribution in [3.63, 3.8) is 0 Å². The second-order valence-corrected chi connectivity index (χ2v) is 8.09. The fraction of sp³-hybridized carbons (Fsp3) is 0.500. The summed E-state index contributed by atoms with van der Waals surface area (Å²) in [5, 5.41) is 19.3. The Balaban J connectivity index is 0. The van der Waals surface area contributed by atoms with Crippen LogP contribution in [0.1, 0.15) is 23.6 Å². The maximum atomic E-state index is 11.9. The van der Waals surface area contributed by atoms with E-state index in [9.17, 15) is 19.8 Å². The fourth-order valence-electron chi connectivity index (χ4n) is 1.85. The highest BCUT2D eigenvalue weighted by molar-refractivity contribution is 7.40. The molecule has 33 heavy (non-hydrogen) atoms. The van der Waals surface area contributed by atoms with Gasteiger partial charge in [0.05, 0.1) is 6.10 Å². The van der Waals surface area contributed by atoms with Gasteiger partial charge in [-0.25, -0.2) is 4.98 Å². The molecule has 4 atom stereocenters. The highest BCUT2D eigenvalue weighted by atomic mass is 31.2. The molecule has 20 nitrogen and oxygen atoms in total. The summed E-state index contributed by atoms with van der Waals surface area (Å²) in [6.07, 6.45) is -1.60. The molecule has 0 saturated carbocycles. The Bertz CT molecular complexity index is 893. The van der Waals surface area contributed by atoms with Crippen molar-refractivity contribution >= 4 is 29.4 Å². The van der Waals surface area contributed by atoms with E-state index in [0.717, 1.165) is 4.57 Å². The van der Waals surface area contributed by atoms with Crippen LogP contribution >= 0.6 is 23.5 Å². The first kappa shape index (κ1) is 33.7. The van der Waals surface area contributed by atoms with Crippen LogP contribution in [-0.2, 0) is 18.4 Å². The van der Waals surface area contributed by atoms with Crippen molar-refractivity contribution in [1.82, 2.24) is 9.55 Å². The number of phosphoric acid groups is 3. The highest BCUT2D eigenvalue weighted by Crippen LogP contribution is 2.27. The Kier molecular flexibility index (Phi) is 13.7. The molecule has 23 heteroatoms. The van der Waals surface area contributed by atoms with Gasteiger partial charge in [-0.15, -0.1) is 0 Å². The molecular formula is C10H13N3O17P3-9.